The molecule has 4 heteroatoms. The van der Waals surface area contributed by atoms with Crippen LogP contribution >= 0.6 is 0 Å². The summed E-state index contributed by atoms with van der Waals surface area (Å²) in [6.45, 7) is 5.84. The van der Waals surface area contributed by atoms with Crippen molar-refractivity contribution in [3.8, 4) is 0 Å². The highest BCUT2D eigenvalue weighted by atomic mass is 16.6. The standard InChI is InChI=1S/C16H26O4/c1-4-5-6-7-8-9-10-11-13-14(16(18)19-3)12(2)15(17)20-13/h13-14H,2,4-11H2,1,3H3/t13-,14+/m0/s1. The molecule has 1 fully saturated rings. The van der Waals surface area contributed by atoms with E-state index in [1.807, 2.05) is 0 Å². The maximum atomic E-state index is 11.7. The maximum absolute atomic E-state index is 11.7. The number of hydrogen-bond donors (Lipinski definition) is 0. The van der Waals surface area contributed by atoms with Gasteiger partial charge in [0.1, 0.15) is 12.0 Å². The van der Waals surface area contributed by atoms with E-state index in [-0.39, 0.29) is 5.57 Å². The number of ether oxygens (including phenoxy) is 2. The highest BCUT2D eigenvalue weighted by Crippen LogP contribution is 2.31. The van der Waals surface area contributed by atoms with Gasteiger partial charge in [-0.2, -0.15) is 0 Å². The Morgan fingerprint density at radius 1 is 1.20 bits per heavy atom. The molecule has 2 atom stereocenters. The van der Waals surface area contributed by atoms with E-state index < -0.39 is 24.0 Å². The Hall–Kier alpha value is -1.32. The SMILES string of the molecule is C=C1C(=O)O[C@@H](CCCCCCCCC)[C@@H]1C(=O)OC. The summed E-state index contributed by atoms with van der Waals surface area (Å²) in [5.41, 5.74) is 0.227. The minimum Gasteiger partial charge on any atom is -0.468 e. The molecule has 0 aliphatic carbocycles. The fourth-order valence-electron chi connectivity index (χ4n) is 2.58. The highest BCUT2D eigenvalue weighted by molar-refractivity contribution is 5.98. The van der Waals surface area contributed by atoms with Crippen LogP contribution in [0.25, 0.3) is 0 Å². The Morgan fingerprint density at radius 2 is 1.80 bits per heavy atom. The van der Waals surface area contributed by atoms with Crippen molar-refractivity contribution in [2.24, 2.45) is 5.92 Å². The molecule has 0 unspecified atom stereocenters. The van der Waals surface area contributed by atoms with E-state index in [1.165, 1.54) is 39.2 Å². The van der Waals surface area contributed by atoms with Gasteiger partial charge in [0.15, 0.2) is 0 Å². The lowest BCUT2D eigenvalue weighted by Gasteiger charge is -2.15. The number of unbranched alkanes of at least 4 members (excludes halogenated alkanes) is 6. The fraction of sp³-hybridized carbons (Fsp3) is 0.750. The van der Waals surface area contributed by atoms with Gasteiger partial charge in [-0.25, -0.2) is 4.79 Å². The number of carbonyl (C=O) groups is 2. The monoisotopic (exact) mass is 282 g/mol. The Balaban J connectivity index is 2.29. The normalized spacial score (nSPS) is 21.9. The van der Waals surface area contributed by atoms with Crippen LogP contribution in [0.4, 0.5) is 0 Å². The third kappa shape index (κ3) is 4.66. The van der Waals surface area contributed by atoms with Crippen molar-refractivity contribution < 1.29 is 19.1 Å². The Bertz CT molecular complexity index is 348. The van der Waals surface area contributed by atoms with Gasteiger partial charge in [-0.15, -0.1) is 0 Å². The van der Waals surface area contributed by atoms with Crippen LogP contribution in [0.1, 0.15) is 58.3 Å². The molecule has 0 radical (unpaired) electrons. The highest BCUT2D eigenvalue weighted by Gasteiger charge is 2.43. The number of carbonyl (C=O) groups excluding carboxylic acids is 2. The molecular weight excluding hydrogens is 256 g/mol. The summed E-state index contributed by atoms with van der Waals surface area (Å²) < 4.78 is 9.94. The summed E-state index contributed by atoms with van der Waals surface area (Å²) in [5, 5.41) is 0. The third-order valence-corrected chi connectivity index (χ3v) is 3.82. The van der Waals surface area contributed by atoms with Gasteiger partial charge in [0.2, 0.25) is 0 Å². The lowest BCUT2D eigenvalue weighted by Crippen LogP contribution is -2.26. The van der Waals surface area contributed by atoms with E-state index in [0.717, 1.165) is 12.8 Å². The van der Waals surface area contributed by atoms with Gasteiger partial charge in [0.05, 0.1) is 7.11 Å². The molecule has 0 aromatic heterocycles. The molecule has 4 nitrogen and oxygen atoms in total. The van der Waals surface area contributed by atoms with Crippen LogP contribution in [0, 0.1) is 5.92 Å². The van der Waals surface area contributed by atoms with Gasteiger partial charge in [-0.05, 0) is 12.8 Å². The molecule has 0 N–H and O–H groups in total. The predicted molar refractivity (Wildman–Crippen MR) is 77.1 cm³/mol. The first-order chi connectivity index (χ1) is 9.61. The molecule has 1 rings (SSSR count). The van der Waals surface area contributed by atoms with E-state index in [0.29, 0.717) is 6.42 Å². The summed E-state index contributed by atoms with van der Waals surface area (Å²) in [4.78, 5) is 23.2. The van der Waals surface area contributed by atoms with Crippen LogP contribution in [0.2, 0.25) is 0 Å². The summed E-state index contributed by atoms with van der Waals surface area (Å²) in [7, 11) is 1.32. The van der Waals surface area contributed by atoms with Gasteiger partial charge in [0.25, 0.3) is 0 Å². The molecule has 0 aromatic rings. The number of methoxy groups -OCH3 is 1. The summed E-state index contributed by atoms with van der Waals surface area (Å²) in [6, 6.07) is 0. The lowest BCUT2D eigenvalue weighted by atomic mass is 9.93. The second-order valence-electron chi connectivity index (χ2n) is 5.38. The van der Waals surface area contributed by atoms with Crippen LogP contribution < -0.4 is 0 Å². The van der Waals surface area contributed by atoms with Crippen molar-refractivity contribution in [1.29, 1.82) is 0 Å². The van der Waals surface area contributed by atoms with Gasteiger partial charge < -0.3 is 9.47 Å². The zero-order valence-corrected chi connectivity index (χ0v) is 12.7. The number of rotatable bonds is 9. The molecule has 1 aliphatic rings. The molecule has 0 amide bonds. The molecule has 114 valence electrons. The smallest absolute Gasteiger partial charge is 0.334 e. The topological polar surface area (TPSA) is 52.6 Å². The molecule has 0 aromatic carbocycles. The number of cyclic esters (lactones) is 1. The van der Waals surface area contributed by atoms with E-state index in [4.69, 9.17) is 9.47 Å². The molecule has 20 heavy (non-hydrogen) atoms. The van der Waals surface area contributed by atoms with E-state index >= 15 is 0 Å². The third-order valence-electron chi connectivity index (χ3n) is 3.82. The first-order valence-electron chi connectivity index (χ1n) is 7.59. The van der Waals surface area contributed by atoms with Crippen molar-refractivity contribution in [2.75, 3.05) is 7.11 Å². The van der Waals surface area contributed by atoms with Crippen LogP contribution in [0.3, 0.4) is 0 Å². The van der Waals surface area contributed by atoms with Gasteiger partial charge >= 0.3 is 11.9 Å². The largest absolute Gasteiger partial charge is 0.468 e. The summed E-state index contributed by atoms with van der Waals surface area (Å²) in [6.07, 6.45) is 8.68. The van der Waals surface area contributed by atoms with Gasteiger partial charge in [-0.1, -0.05) is 52.0 Å². The summed E-state index contributed by atoms with van der Waals surface area (Å²) in [5.74, 6) is -1.50. The van der Waals surface area contributed by atoms with Crippen molar-refractivity contribution in [3.05, 3.63) is 12.2 Å². The van der Waals surface area contributed by atoms with Crippen LogP contribution in [-0.2, 0) is 19.1 Å². The quantitative estimate of drug-likeness (QED) is 0.369. The predicted octanol–water partition coefficient (Wildman–Crippen LogP) is 3.40. The minimum absolute atomic E-state index is 0.227. The molecular formula is C16H26O4. The number of esters is 2. The van der Waals surface area contributed by atoms with E-state index in [9.17, 15) is 9.59 Å². The molecule has 1 aliphatic heterocycles. The van der Waals surface area contributed by atoms with Crippen molar-refractivity contribution >= 4 is 11.9 Å². The molecule has 1 heterocycles. The van der Waals surface area contributed by atoms with E-state index in [2.05, 4.69) is 13.5 Å². The zero-order valence-electron chi connectivity index (χ0n) is 12.7. The minimum atomic E-state index is -0.618. The van der Waals surface area contributed by atoms with Gasteiger partial charge in [-0.3, -0.25) is 4.79 Å². The molecule has 0 bridgehead atoms. The van der Waals surface area contributed by atoms with Crippen LogP contribution in [0.5, 0.6) is 0 Å². The molecule has 0 saturated carbocycles. The van der Waals surface area contributed by atoms with E-state index in [1.54, 1.807) is 0 Å². The van der Waals surface area contributed by atoms with Crippen molar-refractivity contribution in [2.45, 2.75) is 64.4 Å². The van der Waals surface area contributed by atoms with Crippen LogP contribution in [0.15, 0.2) is 12.2 Å². The zero-order chi connectivity index (χ0) is 15.0. The molecule has 1 saturated heterocycles. The average molecular weight is 282 g/mol. The molecule has 0 spiro atoms. The van der Waals surface area contributed by atoms with Crippen molar-refractivity contribution in [3.63, 3.8) is 0 Å². The first-order valence-corrected chi connectivity index (χ1v) is 7.59. The second kappa shape index (κ2) is 8.77. The van der Waals surface area contributed by atoms with Crippen molar-refractivity contribution in [1.82, 2.24) is 0 Å². The first kappa shape index (κ1) is 16.7. The summed E-state index contributed by atoms with van der Waals surface area (Å²) >= 11 is 0. The van der Waals surface area contributed by atoms with Gasteiger partial charge in [0, 0.05) is 5.57 Å². The van der Waals surface area contributed by atoms with Crippen LogP contribution in [-0.4, -0.2) is 25.2 Å². The Labute approximate surface area is 121 Å². The lowest BCUT2D eigenvalue weighted by molar-refractivity contribution is -0.147. The number of hydrogen-bond acceptors (Lipinski definition) is 4. The maximum Gasteiger partial charge on any atom is 0.334 e. The Kier molecular flexibility index (Phi) is 7.34. The average Bonchev–Trinajstić information content (AvgIpc) is 2.72. The Morgan fingerprint density at radius 3 is 2.40 bits per heavy atom. The second-order valence-corrected chi connectivity index (χ2v) is 5.38. The fourth-order valence-corrected chi connectivity index (χ4v) is 2.58.